The number of benzene rings is 9. The van der Waals surface area contributed by atoms with Gasteiger partial charge in [-0.3, -0.25) is 0 Å². The Morgan fingerprint density at radius 1 is 0.389 bits per heavy atom. The highest BCUT2D eigenvalue weighted by atomic mass is 32.1. The SMILES string of the molecule is c1ccc(-c2c3ccccc3c(-c3ccccc3)c3cc(-c4c(-c5ccccc5)c5scc(-n6nnc7ccccc76)c5c5ccccc45)ccc23)cc1. The van der Waals surface area contributed by atoms with Crippen molar-refractivity contribution in [2.75, 3.05) is 0 Å². The van der Waals surface area contributed by atoms with Crippen LogP contribution in [0.15, 0.2) is 187 Å². The molecular weight excluding hydrogens is 675 g/mol. The topological polar surface area (TPSA) is 30.7 Å². The third-order valence-corrected chi connectivity index (χ3v) is 11.8. The molecule has 0 amide bonds. The van der Waals surface area contributed by atoms with Crippen molar-refractivity contribution in [3.8, 4) is 50.2 Å². The fraction of sp³-hybridized carbons (Fsp3) is 0. The Bertz CT molecular complexity index is 3200. The quantitative estimate of drug-likeness (QED) is 0.167. The van der Waals surface area contributed by atoms with E-state index in [2.05, 4.69) is 186 Å². The molecule has 0 aliphatic heterocycles. The molecule has 0 bridgehead atoms. The Hall–Kier alpha value is -6.88. The van der Waals surface area contributed by atoms with Gasteiger partial charge in [-0.05, 0) is 89.5 Å². The van der Waals surface area contributed by atoms with Gasteiger partial charge in [-0.25, -0.2) is 4.68 Å². The molecule has 0 spiro atoms. The van der Waals surface area contributed by atoms with Gasteiger partial charge in [0.1, 0.15) is 5.52 Å². The van der Waals surface area contributed by atoms with Gasteiger partial charge in [0.05, 0.1) is 11.2 Å². The molecule has 252 valence electrons. The van der Waals surface area contributed by atoms with Crippen molar-refractivity contribution in [2.45, 2.75) is 0 Å². The highest BCUT2D eigenvalue weighted by molar-refractivity contribution is 7.18. The molecule has 11 rings (SSSR count). The lowest BCUT2D eigenvalue weighted by atomic mass is 9.83. The van der Waals surface area contributed by atoms with E-state index in [4.69, 9.17) is 0 Å². The average Bonchev–Trinajstić information content (AvgIpc) is 3.88. The van der Waals surface area contributed by atoms with Gasteiger partial charge in [0.2, 0.25) is 0 Å². The summed E-state index contributed by atoms with van der Waals surface area (Å²) in [6.07, 6.45) is 0. The van der Waals surface area contributed by atoms with Gasteiger partial charge in [-0.2, -0.15) is 0 Å². The van der Waals surface area contributed by atoms with Crippen LogP contribution in [0.25, 0.3) is 104 Å². The van der Waals surface area contributed by atoms with Crippen molar-refractivity contribution in [2.24, 2.45) is 0 Å². The van der Waals surface area contributed by atoms with Crippen LogP contribution in [0.1, 0.15) is 0 Å². The molecule has 2 heterocycles. The van der Waals surface area contributed by atoms with Crippen LogP contribution in [0.4, 0.5) is 0 Å². The third-order valence-electron chi connectivity index (χ3n) is 10.8. The lowest BCUT2D eigenvalue weighted by Crippen LogP contribution is -1.97. The van der Waals surface area contributed by atoms with Gasteiger partial charge in [-0.1, -0.05) is 169 Å². The molecule has 11 aromatic rings. The zero-order chi connectivity index (χ0) is 35.6. The van der Waals surface area contributed by atoms with Crippen molar-refractivity contribution < 1.29 is 0 Å². The Labute approximate surface area is 316 Å². The average molecular weight is 706 g/mol. The van der Waals surface area contributed by atoms with Crippen LogP contribution in [0.5, 0.6) is 0 Å². The van der Waals surface area contributed by atoms with Crippen LogP contribution in [-0.2, 0) is 0 Å². The van der Waals surface area contributed by atoms with Gasteiger partial charge in [-0.15, -0.1) is 16.4 Å². The van der Waals surface area contributed by atoms with Gasteiger partial charge >= 0.3 is 0 Å². The van der Waals surface area contributed by atoms with Crippen molar-refractivity contribution in [1.82, 2.24) is 15.0 Å². The number of fused-ring (bicyclic) bond motifs is 6. The Balaban J connectivity index is 1.29. The molecule has 0 aliphatic carbocycles. The van der Waals surface area contributed by atoms with Crippen LogP contribution in [-0.4, -0.2) is 15.0 Å². The van der Waals surface area contributed by atoms with Crippen molar-refractivity contribution in [1.29, 1.82) is 0 Å². The first kappa shape index (κ1) is 30.7. The number of rotatable bonds is 5. The zero-order valence-electron chi connectivity index (χ0n) is 29.1. The van der Waals surface area contributed by atoms with E-state index in [1.165, 1.54) is 86.9 Å². The summed E-state index contributed by atoms with van der Waals surface area (Å²) in [6, 6.07) is 65.7. The van der Waals surface area contributed by atoms with Crippen LogP contribution >= 0.6 is 11.3 Å². The molecule has 4 heteroatoms. The molecule has 0 fully saturated rings. The number of nitrogens with zero attached hydrogens (tertiary/aromatic N) is 3. The monoisotopic (exact) mass is 705 g/mol. The van der Waals surface area contributed by atoms with Gasteiger partial charge < -0.3 is 0 Å². The standard InChI is InChI=1S/C50H31N3S/c1-4-16-32(17-5-1)45-36-22-10-11-23-37(36)46(33-18-6-2-7-19-33)41-30-35(28-29-40(41)45)47-38-24-12-13-25-39(38)49-44(53-43-27-15-14-26-42(43)51-52-53)31-54-50(49)48(47)34-20-8-3-9-21-34/h1-31H. The molecule has 0 aliphatic rings. The normalized spacial score (nSPS) is 11.7. The van der Waals surface area contributed by atoms with E-state index in [0.717, 1.165) is 16.7 Å². The van der Waals surface area contributed by atoms with Crippen molar-refractivity contribution in [3.63, 3.8) is 0 Å². The highest BCUT2D eigenvalue weighted by Gasteiger charge is 2.24. The summed E-state index contributed by atoms with van der Waals surface area (Å²) in [5, 5.41) is 20.0. The number of thiophene rings is 1. The second-order valence-corrected chi connectivity index (χ2v) is 14.6. The molecule has 3 nitrogen and oxygen atoms in total. The molecule has 0 saturated heterocycles. The second kappa shape index (κ2) is 12.4. The van der Waals surface area contributed by atoms with E-state index in [1.54, 1.807) is 11.3 Å². The molecule has 0 N–H and O–H groups in total. The molecule has 2 aromatic heterocycles. The van der Waals surface area contributed by atoms with Crippen LogP contribution in [0.2, 0.25) is 0 Å². The molecule has 54 heavy (non-hydrogen) atoms. The first-order valence-corrected chi connectivity index (χ1v) is 19.1. The Morgan fingerprint density at radius 2 is 0.889 bits per heavy atom. The van der Waals surface area contributed by atoms with Gasteiger partial charge in [0, 0.05) is 21.0 Å². The number of hydrogen-bond donors (Lipinski definition) is 0. The summed E-state index contributed by atoms with van der Waals surface area (Å²) in [5.74, 6) is 0. The number of para-hydroxylation sites is 1. The van der Waals surface area contributed by atoms with Crippen LogP contribution < -0.4 is 0 Å². The minimum atomic E-state index is 0.883. The van der Waals surface area contributed by atoms with Crippen molar-refractivity contribution in [3.05, 3.63) is 187 Å². The summed E-state index contributed by atoms with van der Waals surface area (Å²) in [7, 11) is 0. The van der Waals surface area contributed by atoms with E-state index >= 15 is 0 Å². The van der Waals surface area contributed by atoms with E-state index in [9.17, 15) is 0 Å². The first-order valence-electron chi connectivity index (χ1n) is 18.3. The maximum absolute atomic E-state index is 4.68. The van der Waals surface area contributed by atoms with E-state index < -0.39 is 0 Å². The maximum atomic E-state index is 4.68. The zero-order valence-corrected chi connectivity index (χ0v) is 30.0. The molecular formula is C50H31N3S. The molecule has 0 unspecified atom stereocenters. The predicted molar refractivity (Wildman–Crippen MR) is 229 cm³/mol. The highest BCUT2D eigenvalue weighted by Crippen LogP contribution is 2.51. The molecule has 0 saturated carbocycles. The van der Waals surface area contributed by atoms with E-state index in [1.807, 2.05) is 16.8 Å². The lowest BCUT2D eigenvalue weighted by molar-refractivity contribution is 0.831. The van der Waals surface area contributed by atoms with Crippen molar-refractivity contribution >= 4 is 64.8 Å². The summed E-state index contributed by atoms with van der Waals surface area (Å²) in [6.45, 7) is 0. The lowest BCUT2D eigenvalue weighted by Gasteiger charge is -2.21. The summed E-state index contributed by atoms with van der Waals surface area (Å²) >= 11 is 1.78. The number of hydrogen-bond acceptors (Lipinski definition) is 3. The van der Waals surface area contributed by atoms with E-state index in [-0.39, 0.29) is 0 Å². The van der Waals surface area contributed by atoms with Crippen LogP contribution in [0, 0.1) is 0 Å². The number of aromatic nitrogens is 3. The fourth-order valence-corrected chi connectivity index (χ4v) is 9.63. The first-order chi connectivity index (χ1) is 26.8. The summed E-state index contributed by atoms with van der Waals surface area (Å²) in [4.78, 5) is 0. The Kier molecular flexibility index (Phi) is 7.04. The molecule has 0 radical (unpaired) electrons. The van der Waals surface area contributed by atoms with Gasteiger partial charge in [0.15, 0.2) is 0 Å². The summed E-state index contributed by atoms with van der Waals surface area (Å²) in [5.41, 5.74) is 12.7. The summed E-state index contributed by atoms with van der Waals surface area (Å²) < 4.78 is 3.24. The van der Waals surface area contributed by atoms with Gasteiger partial charge in [0.25, 0.3) is 0 Å². The smallest absolute Gasteiger partial charge is 0.113 e. The largest absolute Gasteiger partial charge is 0.211 e. The molecule has 0 atom stereocenters. The fourth-order valence-electron chi connectivity index (χ4n) is 8.51. The maximum Gasteiger partial charge on any atom is 0.113 e. The third kappa shape index (κ3) is 4.67. The predicted octanol–water partition coefficient (Wildman–Crippen LogP) is 13.8. The Morgan fingerprint density at radius 3 is 1.54 bits per heavy atom. The minimum absolute atomic E-state index is 0.883. The van der Waals surface area contributed by atoms with E-state index in [0.29, 0.717) is 0 Å². The minimum Gasteiger partial charge on any atom is -0.211 e. The molecule has 9 aromatic carbocycles. The second-order valence-electron chi connectivity index (χ2n) is 13.8. The van der Waals surface area contributed by atoms with Crippen LogP contribution in [0.3, 0.4) is 0 Å².